The second-order valence-electron chi connectivity index (χ2n) is 27.0. The molecule has 111 heavy (non-hydrogen) atoms. The molecule has 0 radical (unpaired) electrons. The first-order valence-electron chi connectivity index (χ1n) is 36.1. The molecular weight excluding hydrogens is 1570 g/mol. The van der Waals surface area contributed by atoms with E-state index in [9.17, 15) is 23.6 Å². The first kappa shape index (κ1) is 79.3. The Bertz CT molecular complexity index is 5150. The first-order chi connectivity index (χ1) is 53.5. The second-order valence-corrected chi connectivity index (χ2v) is 32.8. The van der Waals surface area contributed by atoms with Gasteiger partial charge in [0, 0.05) is 133 Å². The fraction of sp³-hybridized carbons (Fsp3) is 0.325. The van der Waals surface area contributed by atoms with E-state index in [1.807, 2.05) is 115 Å². The van der Waals surface area contributed by atoms with Crippen LogP contribution in [0.3, 0.4) is 0 Å². The number of pyridine rings is 4. The Morgan fingerprint density at radius 2 is 0.757 bits per heavy atom. The molecule has 0 saturated carbocycles. The molecule has 16 rings (SSSR count). The number of nitrogens with zero attached hydrogens (tertiary/aromatic N) is 16. The van der Waals surface area contributed by atoms with Gasteiger partial charge in [-0.1, -0.05) is 97.8 Å². The Morgan fingerprint density at radius 3 is 1.15 bits per heavy atom. The van der Waals surface area contributed by atoms with Gasteiger partial charge in [0.2, 0.25) is 0 Å². The molecule has 25 nitrogen and oxygen atoms in total. The zero-order chi connectivity index (χ0) is 78.1. The van der Waals surface area contributed by atoms with Crippen molar-refractivity contribution in [1.29, 1.82) is 0 Å². The Kier molecular flexibility index (Phi) is 25.5. The number of benzene rings is 4. The number of fused-ring (bicyclic) bond motifs is 4. The van der Waals surface area contributed by atoms with E-state index in [2.05, 4.69) is 127 Å². The van der Waals surface area contributed by atoms with Crippen molar-refractivity contribution in [1.82, 2.24) is 59.5 Å². The van der Waals surface area contributed by atoms with Gasteiger partial charge in [0.1, 0.15) is 34.8 Å². The zero-order valence-corrected chi connectivity index (χ0v) is 68.3. The number of carbonyl (C=O) groups excluding carboxylic acids is 4. The van der Waals surface area contributed by atoms with Gasteiger partial charge in [0.05, 0.1) is 62.5 Å². The van der Waals surface area contributed by atoms with Crippen molar-refractivity contribution >= 4 is 201 Å². The van der Waals surface area contributed by atoms with Crippen molar-refractivity contribution in [2.75, 3.05) is 126 Å². The third kappa shape index (κ3) is 19.2. The van der Waals surface area contributed by atoms with E-state index in [-0.39, 0.29) is 54.1 Å². The Hall–Kier alpha value is -9.79. The minimum atomic E-state index is -0.318. The molecule has 8 aromatic heterocycles. The third-order valence-corrected chi connectivity index (χ3v) is 24.0. The van der Waals surface area contributed by atoms with Gasteiger partial charge in [-0.3, -0.25) is 21.3 Å². The van der Waals surface area contributed by atoms with Crippen LogP contribution in [-0.2, 0) is 0 Å². The summed E-state index contributed by atoms with van der Waals surface area (Å²) < 4.78 is 22.6. The lowest BCUT2D eigenvalue weighted by Crippen LogP contribution is -2.55. The summed E-state index contributed by atoms with van der Waals surface area (Å²) in [6, 6.07) is 34.2. The van der Waals surface area contributed by atoms with Crippen LogP contribution in [-0.4, -0.2) is 193 Å². The Morgan fingerprint density at radius 1 is 0.414 bits per heavy atom. The largest absolute Gasteiger partial charge is 0.494 e. The van der Waals surface area contributed by atoms with Gasteiger partial charge in [-0.05, 0) is 181 Å². The highest BCUT2D eigenvalue weighted by Crippen LogP contribution is 2.36. The maximum absolute atomic E-state index is 13.3. The number of aromatic nitrogens is 8. The molecule has 4 saturated heterocycles. The third-order valence-electron chi connectivity index (χ3n) is 19.2. The van der Waals surface area contributed by atoms with Crippen molar-refractivity contribution in [3.05, 3.63) is 183 Å². The maximum Gasteiger partial charge on any atom is 0.324 e. The van der Waals surface area contributed by atoms with Crippen molar-refractivity contribution < 1.29 is 28.3 Å². The molecule has 12 heterocycles. The molecule has 4 aromatic carbocycles. The summed E-state index contributed by atoms with van der Waals surface area (Å²) in [6.07, 6.45) is 6.99. The average molecular weight is 1660 g/mol. The topological polar surface area (TPSA) is 255 Å². The van der Waals surface area contributed by atoms with Crippen LogP contribution in [0.15, 0.2) is 140 Å². The highest BCUT2D eigenvalue weighted by atomic mass is 35.5. The fourth-order valence-corrected chi connectivity index (χ4v) is 18.0. The smallest absolute Gasteiger partial charge is 0.324 e. The maximum atomic E-state index is 13.3. The number of hydrogen-bond donors (Lipinski definition) is 4. The number of rotatable bonds is 10. The van der Waals surface area contributed by atoms with Crippen LogP contribution in [0, 0.1) is 26.6 Å². The van der Waals surface area contributed by atoms with E-state index >= 15 is 0 Å². The van der Waals surface area contributed by atoms with E-state index in [0.29, 0.717) is 123 Å². The second kappa shape index (κ2) is 35.7. The highest BCUT2D eigenvalue weighted by molar-refractivity contribution is 7.23. The standard InChI is InChI=1S/C20H22ClN5O2S.C20H22ClN5OS.C19H20ClN5OS.C18H17ClFN5OS/c1-3-28-14-6-7-16-17(11-14)29-19(23-16)24-20(27)26-10-9-25(12-13(26)2)18-15(21)5-4-8-22-18;1-12-9-16-17(10-13(12)2)28-19(23-16)24-20(27)26-8-7-25(11-14(26)3)18-15(21)5-4-6-22-18;1-12-4-3-7-21-17(12)24-8-9-25(13(2)11-24)19(26)23-18-22-15-6-5-14(20)10-16(15)27-18;1-11-10-24(16-13(19)3-2-6-21-16)7-8-25(11)18(26)23-17-22-14-5-4-12(20)9-15(14)27-17/h4-8,11,13H,3,9-10,12H2,1-2H3,(H,23,24,27);4-6,9-10,14H,7-8,11H2,1-3H3,(H,23,24,27);3-7,10,13H,8-9,11H2,1-2H3,(H,22,23,26);2-6,9,11H,7-8,10H2,1H3,(H,22,23,26)/t13-;14-;13-;11-/m1111/s1. The first-order valence-corrected chi connectivity index (χ1v) is 40.8. The summed E-state index contributed by atoms with van der Waals surface area (Å²) in [7, 11) is 0. The molecule has 578 valence electrons. The molecule has 4 aliphatic rings. The molecule has 12 aromatic rings. The van der Waals surface area contributed by atoms with Gasteiger partial charge < -0.3 is 43.9 Å². The lowest BCUT2D eigenvalue weighted by molar-refractivity contribution is 0.184. The van der Waals surface area contributed by atoms with E-state index in [0.717, 1.165) is 78.3 Å². The number of anilines is 8. The number of nitrogens with one attached hydrogen (secondary N) is 4. The van der Waals surface area contributed by atoms with Crippen LogP contribution >= 0.6 is 91.8 Å². The van der Waals surface area contributed by atoms with Crippen LogP contribution in [0.5, 0.6) is 5.75 Å². The van der Waals surface area contributed by atoms with Crippen molar-refractivity contribution in [3.63, 3.8) is 0 Å². The summed E-state index contributed by atoms with van der Waals surface area (Å²) in [4.78, 5) is 102. The Balaban J connectivity index is 0.000000130. The molecule has 0 aliphatic carbocycles. The summed E-state index contributed by atoms with van der Waals surface area (Å²) in [6.45, 7) is 24.7. The van der Waals surface area contributed by atoms with Gasteiger partial charge in [-0.15, -0.1) is 0 Å². The summed E-state index contributed by atoms with van der Waals surface area (Å²) in [5.74, 6) is 3.75. The van der Waals surface area contributed by atoms with Crippen LogP contribution in [0.25, 0.3) is 40.9 Å². The molecule has 4 fully saturated rings. The molecule has 34 heteroatoms. The lowest BCUT2D eigenvalue weighted by Gasteiger charge is -2.40. The summed E-state index contributed by atoms with van der Waals surface area (Å²) in [5.41, 5.74) is 6.85. The van der Waals surface area contributed by atoms with E-state index in [1.54, 1.807) is 41.7 Å². The van der Waals surface area contributed by atoms with E-state index < -0.39 is 0 Å². The fourth-order valence-electron chi connectivity index (χ4n) is 13.5. The molecule has 4 atom stereocenters. The predicted octanol–water partition coefficient (Wildman–Crippen LogP) is 17.8. The number of ether oxygens (including phenoxy) is 1. The molecule has 4 aliphatic heterocycles. The average Bonchev–Trinajstić information content (AvgIpc) is 1.74. The number of hydrogen-bond acceptors (Lipinski definition) is 21. The minimum Gasteiger partial charge on any atom is -0.494 e. The van der Waals surface area contributed by atoms with Crippen molar-refractivity contribution in [3.8, 4) is 5.75 Å². The normalized spacial score (nSPS) is 17.2. The summed E-state index contributed by atoms with van der Waals surface area (Å²) in [5, 5.41) is 16.5. The number of halogens is 5. The summed E-state index contributed by atoms with van der Waals surface area (Å²) >= 11 is 30.4. The number of aryl methyl sites for hydroxylation is 3. The molecular formula is C77H81Cl4FN20O5S4. The van der Waals surface area contributed by atoms with E-state index in [4.69, 9.17) is 51.1 Å². The van der Waals surface area contributed by atoms with Crippen LogP contribution < -0.4 is 45.6 Å². The monoisotopic (exact) mass is 1650 g/mol. The minimum absolute atomic E-state index is 0.0146. The SMILES string of the molecule is CCOc1ccc2nc(NC(=O)N3CCN(c4ncccc4Cl)C[C@H]3C)sc2c1.C[C@@H]1CN(c2ncccc2Cl)CCN1C(=O)Nc1nc2ccc(F)cc2s1.Cc1cc2nc(NC(=O)N3CCN(c4ncccc4Cl)C[C@H]3C)sc2cc1C.Cc1cccnc1N1CCN(C(=O)Nc2nc3ccc(Cl)cc3s2)[C@H](C)C1. The van der Waals surface area contributed by atoms with Gasteiger partial charge in [0.25, 0.3) is 0 Å². The molecule has 0 spiro atoms. The molecule has 8 amide bonds. The quantitative estimate of drug-likeness (QED) is 0.0992. The lowest BCUT2D eigenvalue weighted by atomic mass is 10.1. The van der Waals surface area contributed by atoms with Gasteiger partial charge in [0.15, 0.2) is 20.5 Å². The van der Waals surface area contributed by atoms with Gasteiger partial charge in [-0.2, -0.15) is 0 Å². The zero-order valence-electron chi connectivity index (χ0n) is 62.0. The van der Waals surface area contributed by atoms with Crippen LogP contribution in [0.1, 0.15) is 51.3 Å². The number of urea groups is 4. The van der Waals surface area contributed by atoms with Crippen molar-refractivity contribution in [2.45, 2.75) is 79.6 Å². The van der Waals surface area contributed by atoms with Crippen molar-refractivity contribution in [2.24, 2.45) is 0 Å². The van der Waals surface area contributed by atoms with Crippen LogP contribution in [0.4, 0.5) is 67.4 Å². The number of amides is 8. The van der Waals surface area contributed by atoms with Crippen LogP contribution in [0.2, 0.25) is 20.1 Å². The number of thiazole rings is 4. The number of carbonyl (C=O) groups is 4. The van der Waals surface area contributed by atoms with E-state index in [1.165, 1.54) is 68.6 Å². The predicted molar refractivity (Wildman–Crippen MR) is 450 cm³/mol. The number of piperazine rings is 4. The highest BCUT2D eigenvalue weighted by Gasteiger charge is 2.34. The molecule has 0 bridgehead atoms. The van der Waals surface area contributed by atoms with Gasteiger partial charge in [-0.25, -0.2) is 63.4 Å². The molecule has 0 unspecified atom stereocenters. The molecule has 4 N–H and O–H groups in total. The van der Waals surface area contributed by atoms with Gasteiger partial charge >= 0.3 is 24.1 Å². The Labute approximate surface area is 677 Å².